The Hall–Kier alpha value is -6.07. The van der Waals surface area contributed by atoms with Crippen LogP contribution in [0.25, 0.3) is 11.1 Å². The Morgan fingerprint density at radius 2 is 1.62 bits per heavy atom. The molecule has 1 unspecified atom stereocenters. The van der Waals surface area contributed by atoms with Crippen molar-refractivity contribution in [3.8, 4) is 28.4 Å². The van der Waals surface area contributed by atoms with Gasteiger partial charge in [-0.25, -0.2) is 9.78 Å². The van der Waals surface area contributed by atoms with Gasteiger partial charge in [-0.2, -0.15) is 0 Å². The van der Waals surface area contributed by atoms with Gasteiger partial charge in [-0.3, -0.25) is 9.69 Å². The number of halogens is 2. The summed E-state index contributed by atoms with van der Waals surface area (Å²) in [4.78, 5) is 33.4. The molecule has 0 bridgehead atoms. The lowest BCUT2D eigenvalue weighted by Crippen LogP contribution is -2.55. The summed E-state index contributed by atoms with van der Waals surface area (Å²) in [5.41, 5.74) is 13.3. The number of carbonyl (C=O) groups excluding carboxylic acids is 1. The lowest BCUT2D eigenvalue weighted by molar-refractivity contribution is -0.143. The van der Waals surface area contributed by atoms with Gasteiger partial charge in [0.1, 0.15) is 30.8 Å². The van der Waals surface area contributed by atoms with Crippen LogP contribution in [0.2, 0.25) is 10.0 Å². The van der Waals surface area contributed by atoms with Gasteiger partial charge in [-0.05, 0) is 100 Å². The zero-order valence-electron chi connectivity index (χ0n) is 32.9. The van der Waals surface area contributed by atoms with Crippen LogP contribution < -0.4 is 25.3 Å². The van der Waals surface area contributed by atoms with Crippen molar-refractivity contribution in [3.05, 3.63) is 171 Å². The summed E-state index contributed by atoms with van der Waals surface area (Å²) in [6, 6.07) is 36.6. The number of amides is 1. The summed E-state index contributed by atoms with van der Waals surface area (Å²) < 4.78 is 18.8. The fourth-order valence-electron chi connectivity index (χ4n) is 7.93. The molecule has 5 aromatic carbocycles. The number of aromatic nitrogens is 1. The number of ether oxygens (including phenoxy) is 3. The van der Waals surface area contributed by atoms with Crippen molar-refractivity contribution >= 4 is 40.9 Å². The Morgan fingerprint density at radius 3 is 2.32 bits per heavy atom. The first kappa shape index (κ1) is 40.7. The normalized spacial score (nSPS) is 16.9. The molecule has 0 saturated carbocycles. The van der Waals surface area contributed by atoms with E-state index in [0.29, 0.717) is 59.3 Å². The first-order chi connectivity index (χ1) is 29.1. The lowest BCUT2D eigenvalue weighted by Gasteiger charge is -2.42. The molecule has 0 saturated heterocycles. The minimum Gasteiger partial charge on any atom is -0.489 e. The first-order valence-electron chi connectivity index (χ1n) is 19.9. The van der Waals surface area contributed by atoms with Gasteiger partial charge < -0.3 is 30.4 Å². The van der Waals surface area contributed by atoms with Gasteiger partial charge in [-0.1, -0.05) is 103 Å². The van der Waals surface area contributed by atoms with E-state index in [1.54, 1.807) is 24.4 Å². The van der Waals surface area contributed by atoms with Crippen molar-refractivity contribution < 1.29 is 28.9 Å². The Bertz CT molecular complexity index is 2470. The van der Waals surface area contributed by atoms with Crippen molar-refractivity contribution in [2.45, 2.75) is 63.6 Å². The fraction of sp³-hybridized carbons (Fsp3) is 0.229. The van der Waals surface area contributed by atoms with E-state index in [2.05, 4.69) is 34.3 Å². The third-order valence-corrected chi connectivity index (χ3v) is 11.9. The van der Waals surface area contributed by atoms with Crippen molar-refractivity contribution in [2.24, 2.45) is 0 Å². The van der Waals surface area contributed by atoms with E-state index in [1.165, 1.54) is 0 Å². The first-order valence-corrected chi connectivity index (χ1v) is 20.6. The molecule has 2 aliphatic heterocycles. The number of benzene rings is 5. The molecule has 6 aromatic rings. The summed E-state index contributed by atoms with van der Waals surface area (Å²) >= 11 is 12.2. The second kappa shape index (κ2) is 18.0. The van der Waals surface area contributed by atoms with E-state index in [4.69, 9.17) is 43.1 Å². The van der Waals surface area contributed by atoms with Crippen LogP contribution in [0.1, 0.15) is 58.9 Å². The number of fused-ring (bicyclic) bond motifs is 2. The predicted octanol–water partition coefficient (Wildman–Crippen LogP) is 9.42. The standard InChI is InChI=1S/C48H44Cl2N4O6/c1-2-41(32-6-4-3-5-7-32)54-26-36-24-44-43(59-28-45(60-44)33-13-16-37(17-14-33)58-27-30-10-18-38(49)39(50)20-30)23-35(36)22-42(54)47(55)53-40(48(56)57)21-29-8-11-31(12-9-29)34-15-19-46(51)52-25-34/h3-20,23-25,40-42,45H,2,21-22,26-28H2,1H3,(H2,51,52)(H,53,55)(H,56,57)/t40?,41-,42-,45+/m0/s1. The SMILES string of the molecule is CC[C@@H](c1ccccc1)N1Cc2cc3c(cc2C[C@H]1C(=O)NC(Cc1ccc(-c2ccc(N)nc2)cc1)C(=O)O)OC[C@H](c1ccc(OCc2ccc(Cl)c(Cl)c2)cc1)O3. The Balaban J connectivity index is 0.990. The second-order valence-electron chi connectivity index (χ2n) is 15.1. The van der Waals surface area contributed by atoms with Gasteiger partial charge in [0.25, 0.3) is 0 Å². The smallest absolute Gasteiger partial charge is 0.326 e. The Morgan fingerprint density at radius 1 is 0.883 bits per heavy atom. The largest absolute Gasteiger partial charge is 0.489 e. The quantitative estimate of drug-likeness (QED) is 0.104. The molecular weight excluding hydrogens is 799 g/mol. The summed E-state index contributed by atoms with van der Waals surface area (Å²) in [6.07, 6.45) is 2.58. The molecule has 306 valence electrons. The molecule has 0 fully saturated rings. The summed E-state index contributed by atoms with van der Waals surface area (Å²) in [5, 5.41) is 14.2. The highest BCUT2D eigenvalue weighted by atomic mass is 35.5. The Kier molecular flexibility index (Phi) is 12.2. The van der Waals surface area contributed by atoms with Crippen molar-refractivity contribution in [1.29, 1.82) is 0 Å². The summed E-state index contributed by atoms with van der Waals surface area (Å²) in [7, 11) is 0. The number of nitrogen functional groups attached to an aromatic ring is 1. The highest BCUT2D eigenvalue weighted by molar-refractivity contribution is 6.42. The van der Waals surface area contributed by atoms with Gasteiger partial charge in [0.15, 0.2) is 17.6 Å². The highest BCUT2D eigenvalue weighted by Crippen LogP contribution is 2.42. The minimum absolute atomic E-state index is 0.105. The molecule has 60 heavy (non-hydrogen) atoms. The van der Waals surface area contributed by atoms with Gasteiger partial charge in [-0.15, -0.1) is 0 Å². The number of anilines is 1. The molecule has 1 aromatic heterocycles. The molecule has 12 heteroatoms. The lowest BCUT2D eigenvalue weighted by atomic mass is 9.89. The van der Waals surface area contributed by atoms with E-state index < -0.39 is 18.1 Å². The molecule has 0 aliphatic carbocycles. The van der Waals surface area contributed by atoms with E-state index in [0.717, 1.165) is 50.9 Å². The summed E-state index contributed by atoms with van der Waals surface area (Å²) in [5.74, 6) is 0.930. The number of carboxylic acids is 1. The number of rotatable bonds is 13. The number of nitrogens with zero attached hydrogens (tertiary/aromatic N) is 2. The highest BCUT2D eigenvalue weighted by Gasteiger charge is 2.38. The van der Waals surface area contributed by atoms with Crippen molar-refractivity contribution in [3.63, 3.8) is 0 Å². The number of hydrogen-bond acceptors (Lipinski definition) is 8. The van der Waals surface area contributed by atoms with Crippen LogP contribution in [-0.4, -0.2) is 45.6 Å². The number of hydrogen-bond donors (Lipinski definition) is 3. The summed E-state index contributed by atoms with van der Waals surface area (Å²) in [6.45, 7) is 3.20. The second-order valence-corrected chi connectivity index (χ2v) is 15.9. The van der Waals surface area contributed by atoms with Crippen molar-refractivity contribution in [2.75, 3.05) is 12.3 Å². The van der Waals surface area contributed by atoms with Crippen molar-refractivity contribution in [1.82, 2.24) is 15.2 Å². The zero-order valence-corrected chi connectivity index (χ0v) is 34.4. The van der Waals surface area contributed by atoms with Gasteiger partial charge in [0.05, 0.1) is 16.1 Å². The molecule has 3 heterocycles. The van der Waals surface area contributed by atoms with Crippen LogP contribution in [0.4, 0.5) is 5.82 Å². The number of carbonyl (C=O) groups is 2. The number of nitrogens with two attached hydrogens (primary N) is 1. The zero-order chi connectivity index (χ0) is 41.8. The van der Waals surface area contributed by atoms with Crippen LogP contribution in [0.15, 0.2) is 128 Å². The van der Waals surface area contributed by atoms with E-state index in [1.807, 2.05) is 91.0 Å². The fourth-order valence-corrected chi connectivity index (χ4v) is 8.25. The number of pyridine rings is 1. The minimum atomic E-state index is -1.14. The molecule has 0 radical (unpaired) electrons. The van der Waals surface area contributed by atoms with Crippen LogP contribution in [-0.2, 0) is 35.6 Å². The average Bonchev–Trinajstić information content (AvgIpc) is 3.26. The third-order valence-electron chi connectivity index (χ3n) is 11.1. The molecule has 4 atom stereocenters. The van der Waals surface area contributed by atoms with Crippen LogP contribution in [0.3, 0.4) is 0 Å². The maximum atomic E-state index is 14.4. The van der Waals surface area contributed by atoms with Gasteiger partial charge in [0.2, 0.25) is 5.91 Å². The maximum Gasteiger partial charge on any atom is 0.326 e. The number of aliphatic carboxylic acids is 1. The molecule has 10 nitrogen and oxygen atoms in total. The van der Waals surface area contributed by atoms with E-state index in [-0.39, 0.29) is 24.5 Å². The topological polar surface area (TPSA) is 136 Å². The molecule has 4 N–H and O–H groups in total. The molecule has 1 amide bonds. The molecule has 0 spiro atoms. The van der Waals surface area contributed by atoms with E-state index in [9.17, 15) is 14.7 Å². The van der Waals surface area contributed by atoms with E-state index >= 15 is 0 Å². The Labute approximate surface area is 358 Å². The van der Waals surface area contributed by atoms with Gasteiger partial charge in [0, 0.05) is 30.8 Å². The van der Waals surface area contributed by atoms with Crippen LogP contribution >= 0.6 is 23.2 Å². The maximum absolute atomic E-state index is 14.4. The number of carboxylic acid groups (broad SMARTS) is 1. The third kappa shape index (κ3) is 9.21. The molecule has 8 rings (SSSR count). The molecular formula is C48H44Cl2N4O6. The monoisotopic (exact) mass is 842 g/mol. The number of nitrogens with one attached hydrogen (secondary N) is 1. The predicted molar refractivity (Wildman–Crippen MR) is 232 cm³/mol. The van der Waals surface area contributed by atoms with Gasteiger partial charge >= 0.3 is 5.97 Å². The van der Waals surface area contributed by atoms with Crippen LogP contribution in [0.5, 0.6) is 17.2 Å². The average molecular weight is 844 g/mol. The molecule has 2 aliphatic rings. The van der Waals surface area contributed by atoms with Crippen LogP contribution in [0, 0.1) is 0 Å².